The van der Waals surface area contributed by atoms with Gasteiger partial charge >= 0.3 is 12.2 Å². The fourth-order valence-corrected chi connectivity index (χ4v) is 2.53. The molecule has 0 unspecified atom stereocenters. The molecule has 1 aromatic carbocycles. The topological polar surface area (TPSA) is 77.1 Å². The van der Waals surface area contributed by atoms with Gasteiger partial charge in [0.25, 0.3) is 0 Å². The molecule has 1 atom stereocenters. The molecule has 1 heterocycles. The molecule has 0 radical (unpaired) electrons. The molecule has 0 bridgehead atoms. The molecule has 26 heavy (non-hydrogen) atoms. The maximum Gasteiger partial charge on any atom is 0.410 e. The number of benzene rings is 1. The molecule has 1 N–H and O–H groups in total. The van der Waals surface area contributed by atoms with Gasteiger partial charge < -0.3 is 24.4 Å². The molecule has 1 fully saturated rings. The lowest BCUT2D eigenvalue weighted by atomic mass is 10.2. The van der Waals surface area contributed by atoms with Gasteiger partial charge in [0.15, 0.2) is 6.10 Å². The summed E-state index contributed by atoms with van der Waals surface area (Å²) >= 11 is 6.09. The highest BCUT2D eigenvalue weighted by molar-refractivity contribution is 6.32. The van der Waals surface area contributed by atoms with E-state index in [2.05, 4.69) is 5.32 Å². The molecule has 1 aliphatic rings. The fraction of sp³-hybridized carbons (Fsp3) is 0.556. The van der Waals surface area contributed by atoms with Crippen LogP contribution in [-0.2, 0) is 9.47 Å². The van der Waals surface area contributed by atoms with Crippen LogP contribution in [-0.4, -0.2) is 55.0 Å². The van der Waals surface area contributed by atoms with Crippen molar-refractivity contribution in [2.75, 3.05) is 26.2 Å². The smallest absolute Gasteiger partial charge is 0.410 e. The lowest BCUT2D eigenvalue weighted by Crippen LogP contribution is -2.38. The summed E-state index contributed by atoms with van der Waals surface area (Å²) in [5, 5.41) is 3.13. The number of amides is 2. The van der Waals surface area contributed by atoms with E-state index in [1.165, 1.54) is 4.90 Å². The van der Waals surface area contributed by atoms with Gasteiger partial charge in [0.1, 0.15) is 18.0 Å². The molecule has 2 amide bonds. The number of nitrogens with one attached hydrogen (secondary N) is 1. The molecule has 0 saturated carbocycles. The minimum atomic E-state index is -0.559. The molecule has 8 heteroatoms. The molecule has 144 valence electrons. The molecule has 0 aliphatic carbocycles. The van der Waals surface area contributed by atoms with E-state index in [-0.39, 0.29) is 19.3 Å². The SMILES string of the molecule is Cc1ccc(Cl)c(OC[C@@H]2CN(CCNC(=O)OC(C)(C)C)C(=O)O2)c1. The van der Waals surface area contributed by atoms with Gasteiger partial charge in [0, 0.05) is 13.1 Å². The summed E-state index contributed by atoms with van der Waals surface area (Å²) < 4.78 is 16.1. The van der Waals surface area contributed by atoms with E-state index in [9.17, 15) is 9.59 Å². The minimum absolute atomic E-state index is 0.213. The molecule has 2 rings (SSSR count). The summed E-state index contributed by atoms with van der Waals surface area (Å²) in [6.07, 6.45) is -1.33. The Morgan fingerprint density at radius 3 is 2.85 bits per heavy atom. The van der Waals surface area contributed by atoms with E-state index in [0.717, 1.165) is 5.56 Å². The van der Waals surface area contributed by atoms with Crippen LogP contribution in [0.2, 0.25) is 5.02 Å². The van der Waals surface area contributed by atoms with Crippen LogP contribution in [0.1, 0.15) is 26.3 Å². The number of nitrogens with zero attached hydrogens (tertiary/aromatic N) is 1. The van der Waals surface area contributed by atoms with E-state index in [4.69, 9.17) is 25.8 Å². The number of halogens is 1. The zero-order valence-corrected chi connectivity index (χ0v) is 16.3. The number of aryl methyl sites for hydroxylation is 1. The Labute approximate surface area is 158 Å². The molecule has 0 spiro atoms. The van der Waals surface area contributed by atoms with Crippen LogP contribution < -0.4 is 10.1 Å². The van der Waals surface area contributed by atoms with E-state index >= 15 is 0 Å². The van der Waals surface area contributed by atoms with E-state index in [1.807, 2.05) is 19.1 Å². The lowest BCUT2D eigenvalue weighted by Gasteiger charge is -2.20. The van der Waals surface area contributed by atoms with Crippen LogP contribution in [0.4, 0.5) is 9.59 Å². The monoisotopic (exact) mass is 384 g/mol. The Balaban J connectivity index is 1.74. The fourth-order valence-electron chi connectivity index (χ4n) is 2.36. The summed E-state index contributed by atoms with van der Waals surface area (Å²) in [7, 11) is 0. The van der Waals surface area contributed by atoms with Crippen LogP contribution in [0.3, 0.4) is 0 Å². The molecule has 7 nitrogen and oxygen atoms in total. The standard InChI is InChI=1S/C18H25ClN2O5/c1-12-5-6-14(19)15(9-12)24-11-13-10-21(17(23)25-13)8-7-20-16(22)26-18(2,3)4/h5-6,9,13H,7-8,10-11H2,1-4H3,(H,20,22)/t13-/m0/s1. The maximum atomic E-state index is 11.9. The van der Waals surface area contributed by atoms with E-state index in [0.29, 0.717) is 23.9 Å². The molecule has 1 aromatic rings. The van der Waals surface area contributed by atoms with Crippen LogP contribution in [0.15, 0.2) is 18.2 Å². The second-order valence-corrected chi connectivity index (χ2v) is 7.53. The highest BCUT2D eigenvalue weighted by Gasteiger charge is 2.31. The minimum Gasteiger partial charge on any atom is -0.488 e. The first-order chi connectivity index (χ1) is 12.1. The van der Waals surface area contributed by atoms with Gasteiger partial charge in [-0.15, -0.1) is 0 Å². The first kappa shape index (κ1) is 20.2. The zero-order valence-electron chi connectivity index (χ0n) is 15.5. The Kier molecular flexibility index (Phi) is 6.58. The van der Waals surface area contributed by atoms with Crippen LogP contribution in [0.25, 0.3) is 0 Å². The zero-order chi connectivity index (χ0) is 19.3. The van der Waals surface area contributed by atoms with Crippen molar-refractivity contribution in [2.24, 2.45) is 0 Å². The van der Waals surface area contributed by atoms with Crippen molar-refractivity contribution in [2.45, 2.75) is 39.4 Å². The predicted octanol–water partition coefficient (Wildman–Crippen LogP) is 3.37. The van der Waals surface area contributed by atoms with Gasteiger partial charge in [-0.1, -0.05) is 17.7 Å². The molecule has 0 aromatic heterocycles. The third-order valence-electron chi connectivity index (χ3n) is 3.51. The van der Waals surface area contributed by atoms with E-state index in [1.54, 1.807) is 26.8 Å². The van der Waals surface area contributed by atoms with Crippen LogP contribution in [0.5, 0.6) is 5.75 Å². The summed E-state index contributed by atoms with van der Waals surface area (Å²) in [5.74, 6) is 0.563. The van der Waals surface area contributed by atoms with Crippen molar-refractivity contribution in [1.82, 2.24) is 10.2 Å². The van der Waals surface area contributed by atoms with Crippen molar-refractivity contribution in [3.05, 3.63) is 28.8 Å². The lowest BCUT2D eigenvalue weighted by molar-refractivity contribution is 0.0523. The third-order valence-corrected chi connectivity index (χ3v) is 3.82. The van der Waals surface area contributed by atoms with Gasteiger partial charge in [-0.3, -0.25) is 0 Å². The van der Waals surface area contributed by atoms with E-state index < -0.39 is 17.8 Å². The predicted molar refractivity (Wildman–Crippen MR) is 97.8 cm³/mol. The highest BCUT2D eigenvalue weighted by atomic mass is 35.5. The average Bonchev–Trinajstić information content (AvgIpc) is 2.87. The Morgan fingerprint density at radius 2 is 2.15 bits per heavy atom. The van der Waals surface area contributed by atoms with Crippen LogP contribution in [0, 0.1) is 6.92 Å². The molecular formula is C18H25ClN2O5. The van der Waals surface area contributed by atoms with Gasteiger partial charge in [0.2, 0.25) is 0 Å². The van der Waals surface area contributed by atoms with Crippen molar-refractivity contribution < 1.29 is 23.8 Å². The molecule has 1 aliphatic heterocycles. The normalized spacial score (nSPS) is 17.0. The Bertz CT molecular complexity index is 659. The number of hydrogen-bond donors (Lipinski definition) is 1. The largest absolute Gasteiger partial charge is 0.488 e. The number of ether oxygens (including phenoxy) is 3. The summed E-state index contributed by atoms with van der Waals surface area (Å²) in [5.41, 5.74) is 0.471. The number of hydrogen-bond acceptors (Lipinski definition) is 5. The van der Waals surface area contributed by atoms with Crippen molar-refractivity contribution in [1.29, 1.82) is 0 Å². The first-order valence-electron chi connectivity index (χ1n) is 8.45. The molecule has 1 saturated heterocycles. The Morgan fingerprint density at radius 1 is 1.42 bits per heavy atom. The van der Waals surface area contributed by atoms with Crippen molar-refractivity contribution in [3.8, 4) is 5.75 Å². The third kappa shape index (κ3) is 6.29. The van der Waals surface area contributed by atoms with Gasteiger partial charge in [0.05, 0.1) is 11.6 Å². The Hall–Kier alpha value is -2.15. The van der Waals surface area contributed by atoms with Gasteiger partial charge in [-0.2, -0.15) is 0 Å². The van der Waals surface area contributed by atoms with Gasteiger partial charge in [-0.05, 0) is 45.4 Å². The second-order valence-electron chi connectivity index (χ2n) is 7.13. The second kappa shape index (κ2) is 8.49. The summed E-state index contributed by atoms with van der Waals surface area (Å²) in [4.78, 5) is 25.0. The number of cyclic esters (lactones) is 1. The van der Waals surface area contributed by atoms with Crippen molar-refractivity contribution >= 4 is 23.8 Å². The summed E-state index contributed by atoms with van der Waals surface area (Å²) in [6.45, 7) is 8.52. The van der Waals surface area contributed by atoms with Crippen LogP contribution >= 0.6 is 11.6 Å². The summed E-state index contributed by atoms with van der Waals surface area (Å²) in [6, 6.07) is 5.49. The quantitative estimate of drug-likeness (QED) is 0.813. The number of carbonyl (C=O) groups is 2. The maximum absolute atomic E-state index is 11.9. The highest BCUT2D eigenvalue weighted by Crippen LogP contribution is 2.26. The number of carbonyl (C=O) groups excluding carboxylic acids is 2. The van der Waals surface area contributed by atoms with Crippen molar-refractivity contribution in [3.63, 3.8) is 0 Å². The number of alkyl carbamates (subject to hydrolysis) is 1. The van der Waals surface area contributed by atoms with Gasteiger partial charge in [-0.25, -0.2) is 9.59 Å². The molecular weight excluding hydrogens is 360 g/mol. The average molecular weight is 385 g/mol. The number of rotatable bonds is 6. The first-order valence-corrected chi connectivity index (χ1v) is 8.83.